The van der Waals surface area contributed by atoms with Gasteiger partial charge in [0.15, 0.2) is 9.84 Å². The lowest BCUT2D eigenvalue weighted by Crippen LogP contribution is -2.62. The Balaban J connectivity index is 1.45. The molecule has 1 aromatic carbocycles. The number of ether oxygens (including phenoxy) is 1. The maximum atomic E-state index is 14.9. The largest absolute Gasteiger partial charge is 0.453 e. The summed E-state index contributed by atoms with van der Waals surface area (Å²) in [5, 5.41) is 10.4. The van der Waals surface area contributed by atoms with Crippen molar-refractivity contribution in [1.29, 1.82) is 0 Å². The fraction of sp³-hybridized carbons (Fsp3) is 0.308. The molecule has 5 rings (SSSR count). The van der Waals surface area contributed by atoms with Gasteiger partial charge in [-0.25, -0.2) is 27.0 Å². The number of pyridine rings is 1. The number of amides is 1. The number of carbonyl (C=O) groups excluding carboxylic acids is 1. The van der Waals surface area contributed by atoms with E-state index >= 15 is 0 Å². The van der Waals surface area contributed by atoms with Crippen LogP contribution in [0.4, 0.5) is 30.9 Å². The highest BCUT2D eigenvalue weighted by Gasteiger charge is 2.34. The van der Waals surface area contributed by atoms with Gasteiger partial charge in [0.05, 0.1) is 58.6 Å². The van der Waals surface area contributed by atoms with Crippen LogP contribution in [0, 0.1) is 17.6 Å². The number of nitrogens with zero attached hydrogens (tertiary/aromatic N) is 5. The maximum Gasteiger partial charge on any atom is 0.407 e. The van der Waals surface area contributed by atoms with E-state index in [0.717, 1.165) is 24.1 Å². The van der Waals surface area contributed by atoms with E-state index in [9.17, 15) is 22.0 Å². The lowest BCUT2D eigenvalue weighted by Gasteiger charge is -2.42. The van der Waals surface area contributed by atoms with E-state index in [0.29, 0.717) is 24.3 Å². The van der Waals surface area contributed by atoms with Crippen molar-refractivity contribution in [3.8, 4) is 11.3 Å². The van der Waals surface area contributed by atoms with Gasteiger partial charge in [-0.15, -0.1) is 0 Å². The first kappa shape index (κ1) is 28.2. The summed E-state index contributed by atoms with van der Waals surface area (Å²) in [6, 6.07) is 5.71. The third-order valence-corrected chi connectivity index (χ3v) is 8.04. The van der Waals surface area contributed by atoms with Crippen LogP contribution >= 0.6 is 0 Å². The van der Waals surface area contributed by atoms with Crippen LogP contribution < -0.4 is 21.3 Å². The number of aromatic nitrogens is 4. The van der Waals surface area contributed by atoms with Crippen molar-refractivity contribution in [1.82, 2.24) is 24.9 Å². The van der Waals surface area contributed by atoms with Crippen molar-refractivity contribution < 1.29 is 26.7 Å². The van der Waals surface area contributed by atoms with Crippen molar-refractivity contribution in [3.05, 3.63) is 60.6 Å². The first-order valence-corrected chi connectivity index (χ1v) is 14.5. The molecule has 4 N–H and O–H groups in total. The third-order valence-electron chi connectivity index (χ3n) is 6.95. The summed E-state index contributed by atoms with van der Waals surface area (Å²) in [6.07, 6.45) is 5.12. The normalized spacial score (nSPS) is 19.3. The number of anilines is 3. The van der Waals surface area contributed by atoms with Crippen molar-refractivity contribution >= 4 is 38.8 Å². The van der Waals surface area contributed by atoms with Crippen LogP contribution in [0.25, 0.3) is 16.8 Å². The number of hydrogen-bond acceptors (Lipinski definition) is 10. The van der Waals surface area contributed by atoms with E-state index in [2.05, 4.69) is 30.6 Å². The summed E-state index contributed by atoms with van der Waals surface area (Å²) in [4.78, 5) is 22.0. The number of halogens is 2. The van der Waals surface area contributed by atoms with Gasteiger partial charge < -0.3 is 26.0 Å². The number of hydrogen-bond donors (Lipinski definition) is 3. The van der Waals surface area contributed by atoms with Gasteiger partial charge in [-0.3, -0.25) is 4.98 Å². The van der Waals surface area contributed by atoms with Gasteiger partial charge in [0, 0.05) is 31.6 Å². The highest BCUT2D eigenvalue weighted by molar-refractivity contribution is 7.90. The molecule has 15 heteroatoms. The average Bonchev–Trinajstić information content (AvgIpc) is 3.31. The first-order valence-electron chi connectivity index (χ1n) is 12.6. The zero-order valence-electron chi connectivity index (χ0n) is 22.4. The molecular weight excluding hydrogens is 558 g/mol. The fourth-order valence-corrected chi connectivity index (χ4v) is 5.59. The van der Waals surface area contributed by atoms with Crippen molar-refractivity contribution in [2.24, 2.45) is 11.7 Å². The van der Waals surface area contributed by atoms with E-state index in [4.69, 9.17) is 10.5 Å². The minimum Gasteiger partial charge on any atom is -0.453 e. The second-order valence-corrected chi connectivity index (χ2v) is 11.9. The zero-order valence-corrected chi connectivity index (χ0v) is 23.2. The minimum absolute atomic E-state index is 0.00535. The number of fused-ring (bicyclic) bond motifs is 1. The van der Waals surface area contributed by atoms with Crippen LogP contribution in [0.15, 0.2) is 53.8 Å². The van der Waals surface area contributed by atoms with E-state index < -0.39 is 38.0 Å². The monoisotopic (exact) mass is 586 g/mol. The molecule has 0 saturated carbocycles. The number of alkyl carbamates (subject to hydrolysis) is 1. The molecule has 3 aromatic heterocycles. The Morgan fingerprint density at radius 1 is 1.15 bits per heavy atom. The topological polar surface area (TPSA) is 157 Å². The number of nitrogens with two attached hydrogens (primary N) is 1. The molecule has 0 aliphatic carbocycles. The van der Waals surface area contributed by atoms with Gasteiger partial charge in [0.25, 0.3) is 0 Å². The minimum atomic E-state index is -3.81. The Bertz CT molecular complexity index is 1700. The molecule has 41 heavy (non-hydrogen) atoms. The molecule has 3 unspecified atom stereocenters. The number of imidazole rings is 1. The number of carbonyl (C=O) groups is 1. The number of benzene rings is 1. The Kier molecular flexibility index (Phi) is 7.48. The second-order valence-electron chi connectivity index (χ2n) is 9.90. The molecule has 4 aromatic rings. The van der Waals surface area contributed by atoms with Crippen LogP contribution in [0.5, 0.6) is 0 Å². The van der Waals surface area contributed by atoms with Crippen LogP contribution in [-0.4, -0.2) is 72.6 Å². The number of methoxy groups -OCH3 is 1. The van der Waals surface area contributed by atoms with E-state index in [1.54, 1.807) is 18.5 Å². The summed E-state index contributed by atoms with van der Waals surface area (Å²) in [5.74, 6) is -1.87. The van der Waals surface area contributed by atoms with Gasteiger partial charge in [0.2, 0.25) is 5.95 Å². The molecule has 216 valence electrons. The molecule has 0 spiro atoms. The molecule has 0 bridgehead atoms. The summed E-state index contributed by atoms with van der Waals surface area (Å²) < 4.78 is 59.5. The molecule has 3 atom stereocenters. The van der Waals surface area contributed by atoms with Gasteiger partial charge in [0.1, 0.15) is 11.6 Å². The Labute approximate surface area is 234 Å². The van der Waals surface area contributed by atoms with E-state index in [-0.39, 0.29) is 29.6 Å². The molecular formula is C26H28F2N8O4S. The van der Waals surface area contributed by atoms with Crippen LogP contribution in [0.3, 0.4) is 0 Å². The molecule has 1 saturated heterocycles. The molecule has 1 aliphatic rings. The number of rotatable bonds is 6. The summed E-state index contributed by atoms with van der Waals surface area (Å²) in [6.45, 7) is 2.99. The average molecular weight is 587 g/mol. The van der Waals surface area contributed by atoms with Gasteiger partial charge in [-0.2, -0.15) is 9.61 Å². The number of sulfone groups is 1. The number of nitrogens with one attached hydrogen (secondary N) is 2. The quantitative estimate of drug-likeness (QED) is 0.307. The van der Waals surface area contributed by atoms with Crippen LogP contribution in [-0.2, 0) is 14.6 Å². The molecule has 12 nitrogen and oxygen atoms in total. The standard InChI is InChI=1S/C26H28F2N8O4S/c1-14-12-35(13-19(29)24(14)33-26(37)40-2)22-6-7-30-11-21(22)32-25-31-10-15-4-5-20(34-36(15)25)23-17(27)8-16(9-18(23)28)41(3,38)39/h4-11,14,19,24H,12-13,29H2,1-3H3,(H,31,32)(H,33,37). The SMILES string of the molecule is COC(=O)NC1C(C)CN(c2ccncc2Nc2ncc3ccc(-c4c(F)cc(S(C)(=O)=O)cc4F)nn23)CC1N. The number of piperidine rings is 1. The lowest BCUT2D eigenvalue weighted by atomic mass is 9.90. The highest BCUT2D eigenvalue weighted by atomic mass is 32.2. The second kappa shape index (κ2) is 10.9. The molecule has 1 amide bonds. The Morgan fingerprint density at radius 2 is 1.88 bits per heavy atom. The summed E-state index contributed by atoms with van der Waals surface area (Å²) >= 11 is 0. The molecule has 0 radical (unpaired) electrons. The van der Waals surface area contributed by atoms with Gasteiger partial charge >= 0.3 is 6.09 Å². The molecule has 1 fully saturated rings. The van der Waals surface area contributed by atoms with Gasteiger partial charge in [-0.05, 0) is 36.2 Å². The lowest BCUT2D eigenvalue weighted by molar-refractivity contribution is 0.156. The zero-order chi connectivity index (χ0) is 29.5. The van der Waals surface area contributed by atoms with Crippen molar-refractivity contribution in [3.63, 3.8) is 0 Å². The van der Waals surface area contributed by atoms with E-state index in [1.165, 1.54) is 23.9 Å². The fourth-order valence-electron chi connectivity index (χ4n) is 4.96. The van der Waals surface area contributed by atoms with Crippen LogP contribution in [0.2, 0.25) is 0 Å². The predicted molar refractivity (Wildman–Crippen MR) is 148 cm³/mol. The van der Waals surface area contributed by atoms with Crippen molar-refractivity contribution in [2.75, 3.05) is 36.7 Å². The molecule has 1 aliphatic heterocycles. The first-order chi connectivity index (χ1) is 19.5. The van der Waals surface area contributed by atoms with Crippen molar-refractivity contribution in [2.45, 2.75) is 23.9 Å². The predicted octanol–water partition coefficient (Wildman–Crippen LogP) is 2.72. The Morgan fingerprint density at radius 3 is 2.54 bits per heavy atom. The third kappa shape index (κ3) is 5.63. The highest BCUT2D eigenvalue weighted by Crippen LogP contribution is 2.32. The smallest absolute Gasteiger partial charge is 0.407 e. The van der Waals surface area contributed by atoms with Gasteiger partial charge in [-0.1, -0.05) is 6.92 Å². The Hall–Kier alpha value is -4.37. The van der Waals surface area contributed by atoms with Crippen LogP contribution in [0.1, 0.15) is 6.92 Å². The molecule has 4 heterocycles. The maximum absolute atomic E-state index is 14.9. The summed E-state index contributed by atoms with van der Waals surface area (Å²) in [5.41, 5.74) is 7.80. The van der Waals surface area contributed by atoms with E-state index in [1.807, 2.05) is 13.0 Å². The summed E-state index contributed by atoms with van der Waals surface area (Å²) in [7, 11) is -2.51.